The third-order valence-corrected chi connectivity index (χ3v) is 5.79. The van der Waals surface area contributed by atoms with Gasteiger partial charge in [0.1, 0.15) is 6.04 Å². The van der Waals surface area contributed by atoms with E-state index in [0.717, 1.165) is 5.56 Å². The first-order valence-corrected chi connectivity index (χ1v) is 9.77. The van der Waals surface area contributed by atoms with E-state index in [9.17, 15) is 14.7 Å². The third-order valence-electron chi connectivity index (χ3n) is 5.26. The lowest BCUT2D eigenvalue weighted by Crippen LogP contribution is -2.50. The van der Waals surface area contributed by atoms with Crippen LogP contribution in [0, 0.1) is 0 Å². The highest BCUT2D eigenvalue weighted by atomic mass is 35.5. The summed E-state index contributed by atoms with van der Waals surface area (Å²) in [6.45, 7) is 0.616. The molecule has 6 nitrogen and oxygen atoms in total. The van der Waals surface area contributed by atoms with Crippen LogP contribution in [0.25, 0.3) is 0 Å². The number of carboxylic acid groups (broad SMARTS) is 1. The maximum absolute atomic E-state index is 12.9. The summed E-state index contributed by atoms with van der Waals surface area (Å²) in [5.74, 6) is -1.17. The number of benzene rings is 2. The molecule has 29 heavy (non-hydrogen) atoms. The number of anilines is 1. The smallest absolute Gasteiger partial charge is 0.326 e. The van der Waals surface area contributed by atoms with Crippen molar-refractivity contribution in [2.45, 2.75) is 37.5 Å². The number of halogens is 3. The number of fused-ring (bicyclic) bond motifs is 2. The standard InChI is InChI=1S/C20H19Cl2N3O3.ClH/c21-12-6-13(22)18-14(7-12)24-17(20(27)28)8-15(18)25-19(26)16-5-10-3-1-2-4-11(10)9-23-16;/h1-4,6-7,15-17,23-24H,5,8-9H2,(H,25,26)(H,27,28);1H. The normalized spacial score (nSPS) is 22.3. The monoisotopic (exact) mass is 455 g/mol. The largest absolute Gasteiger partial charge is 0.480 e. The van der Waals surface area contributed by atoms with Gasteiger partial charge in [0, 0.05) is 34.3 Å². The van der Waals surface area contributed by atoms with Crippen molar-refractivity contribution in [2.24, 2.45) is 0 Å². The van der Waals surface area contributed by atoms with Crippen LogP contribution in [-0.4, -0.2) is 29.1 Å². The molecular weight excluding hydrogens is 437 g/mol. The topological polar surface area (TPSA) is 90.5 Å². The van der Waals surface area contributed by atoms with Crippen molar-refractivity contribution in [3.8, 4) is 0 Å². The molecule has 3 unspecified atom stereocenters. The zero-order valence-corrected chi connectivity index (χ0v) is 17.6. The Kier molecular flexibility index (Phi) is 6.58. The van der Waals surface area contributed by atoms with Crippen LogP contribution < -0.4 is 16.0 Å². The highest BCUT2D eigenvalue weighted by Gasteiger charge is 2.35. The van der Waals surface area contributed by atoms with Gasteiger partial charge in [-0.25, -0.2) is 4.79 Å². The van der Waals surface area contributed by atoms with E-state index in [1.807, 2.05) is 24.3 Å². The van der Waals surface area contributed by atoms with E-state index in [4.69, 9.17) is 23.2 Å². The summed E-state index contributed by atoms with van der Waals surface area (Å²) in [7, 11) is 0. The van der Waals surface area contributed by atoms with Gasteiger partial charge in [0.2, 0.25) is 5.91 Å². The summed E-state index contributed by atoms with van der Waals surface area (Å²) >= 11 is 12.4. The average molecular weight is 457 g/mol. The van der Waals surface area contributed by atoms with Crippen LogP contribution in [0.2, 0.25) is 10.0 Å². The van der Waals surface area contributed by atoms with E-state index in [0.29, 0.717) is 34.3 Å². The summed E-state index contributed by atoms with van der Waals surface area (Å²) < 4.78 is 0. The minimum absolute atomic E-state index is 0. The molecule has 2 aliphatic rings. The minimum atomic E-state index is -0.995. The molecule has 0 aromatic heterocycles. The van der Waals surface area contributed by atoms with Gasteiger partial charge in [-0.3, -0.25) is 4.79 Å². The highest BCUT2D eigenvalue weighted by molar-refractivity contribution is 6.35. The van der Waals surface area contributed by atoms with Crippen molar-refractivity contribution in [3.63, 3.8) is 0 Å². The van der Waals surface area contributed by atoms with Crippen molar-refractivity contribution >= 4 is 53.2 Å². The lowest BCUT2D eigenvalue weighted by molar-refractivity contribution is -0.138. The molecule has 0 saturated heterocycles. The summed E-state index contributed by atoms with van der Waals surface area (Å²) in [5.41, 5.74) is 3.51. The molecule has 4 N–H and O–H groups in total. The number of hydrogen-bond acceptors (Lipinski definition) is 4. The fourth-order valence-electron chi connectivity index (χ4n) is 3.86. The zero-order chi connectivity index (χ0) is 19.8. The van der Waals surface area contributed by atoms with E-state index in [-0.39, 0.29) is 30.8 Å². The van der Waals surface area contributed by atoms with Gasteiger partial charge in [0.05, 0.1) is 12.1 Å². The number of carboxylic acids is 1. The molecule has 1 amide bonds. The number of nitrogens with one attached hydrogen (secondary N) is 3. The molecule has 0 saturated carbocycles. The van der Waals surface area contributed by atoms with Gasteiger partial charge < -0.3 is 21.1 Å². The van der Waals surface area contributed by atoms with Crippen LogP contribution in [0.1, 0.15) is 29.2 Å². The Hall–Kier alpha value is -1.99. The van der Waals surface area contributed by atoms with Crippen molar-refractivity contribution in [1.29, 1.82) is 0 Å². The van der Waals surface area contributed by atoms with Crippen LogP contribution in [0.5, 0.6) is 0 Å². The van der Waals surface area contributed by atoms with E-state index >= 15 is 0 Å². The molecular formula is C20H20Cl3N3O3. The van der Waals surface area contributed by atoms with E-state index in [1.54, 1.807) is 12.1 Å². The van der Waals surface area contributed by atoms with Gasteiger partial charge in [0.25, 0.3) is 0 Å². The van der Waals surface area contributed by atoms with Gasteiger partial charge in [-0.2, -0.15) is 0 Å². The Morgan fingerprint density at radius 1 is 1.10 bits per heavy atom. The number of aliphatic carboxylic acids is 1. The van der Waals surface area contributed by atoms with Gasteiger partial charge in [0.15, 0.2) is 0 Å². The van der Waals surface area contributed by atoms with Gasteiger partial charge >= 0.3 is 5.97 Å². The second-order valence-corrected chi connectivity index (χ2v) is 7.93. The van der Waals surface area contributed by atoms with Gasteiger partial charge in [-0.1, -0.05) is 47.5 Å². The average Bonchev–Trinajstić information content (AvgIpc) is 2.66. The summed E-state index contributed by atoms with van der Waals surface area (Å²) in [4.78, 5) is 24.5. The predicted octanol–water partition coefficient (Wildman–Crippen LogP) is 3.56. The Bertz CT molecular complexity index is 954. The minimum Gasteiger partial charge on any atom is -0.480 e. The van der Waals surface area contributed by atoms with Crippen LogP contribution in [-0.2, 0) is 22.6 Å². The highest BCUT2D eigenvalue weighted by Crippen LogP contribution is 2.40. The van der Waals surface area contributed by atoms with E-state index in [1.165, 1.54) is 5.56 Å². The van der Waals surface area contributed by atoms with Crippen molar-refractivity contribution in [3.05, 3.63) is 63.1 Å². The molecule has 9 heteroatoms. The first-order valence-electron chi connectivity index (χ1n) is 9.01. The predicted molar refractivity (Wildman–Crippen MR) is 115 cm³/mol. The van der Waals surface area contributed by atoms with E-state index in [2.05, 4.69) is 16.0 Å². The summed E-state index contributed by atoms with van der Waals surface area (Å²) in [5, 5.41) is 19.4. The Morgan fingerprint density at radius 2 is 1.83 bits per heavy atom. The Morgan fingerprint density at radius 3 is 2.55 bits per heavy atom. The molecule has 154 valence electrons. The maximum atomic E-state index is 12.9. The number of carbonyl (C=O) groups is 2. The maximum Gasteiger partial charge on any atom is 0.326 e. The molecule has 2 aromatic rings. The van der Waals surface area contributed by atoms with Crippen LogP contribution >= 0.6 is 35.6 Å². The first-order chi connectivity index (χ1) is 13.4. The SMILES string of the molecule is Cl.O=C(O)C1CC(NC(=O)C2Cc3ccccc3CN2)c2c(Cl)cc(Cl)cc2N1. The third kappa shape index (κ3) is 4.46. The summed E-state index contributed by atoms with van der Waals surface area (Å²) in [6, 6.07) is 9.49. The Balaban J connectivity index is 0.00000240. The summed E-state index contributed by atoms with van der Waals surface area (Å²) in [6.07, 6.45) is 0.773. The van der Waals surface area contributed by atoms with Crippen molar-refractivity contribution in [2.75, 3.05) is 5.32 Å². The van der Waals surface area contributed by atoms with Crippen LogP contribution in [0.3, 0.4) is 0 Å². The molecule has 0 spiro atoms. The van der Waals surface area contributed by atoms with Crippen molar-refractivity contribution < 1.29 is 14.7 Å². The lowest BCUT2D eigenvalue weighted by Gasteiger charge is -2.34. The molecule has 0 radical (unpaired) electrons. The van der Waals surface area contributed by atoms with Crippen LogP contribution in [0.4, 0.5) is 5.69 Å². The first kappa shape index (κ1) is 21.7. The fourth-order valence-corrected chi connectivity index (χ4v) is 4.49. The molecule has 0 fully saturated rings. The lowest BCUT2D eigenvalue weighted by atomic mass is 9.91. The van der Waals surface area contributed by atoms with E-state index < -0.39 is 18.1 Å². The number of amides is 1. The fraction of sp³-hybridized carbons (Fsp3) is 0.300. The van der Waals surface area contributed by atoms with Gasteiger partial charge in [-0.15, -0.1) is 12.4 Å². The second-order valence-electron chi connectivity index (χ2n) is 7.09. The molecule has 0 aliphatic carbocycles. The molecule has 0 bridgehead atoms. The zero-order valence-electron chi connectivity index (χ0n) is 15.2. The molecule has 4 rings (SSSR count). The molecule has 3 atom stereocenters. The number of carbonyl (C=O) groups excluding carboxylic acids is 1. The molecule has 2 heterocycles. The second kappa shape index (κ2) is 8.79. The number of hydrogen-bond donors (Lipinski definition) is 4. The quantitative estimate of drug-likeness (QED) is 0.567. The molecule has 2 aromatic carbocycles. The van der Waals surface area contributed by atoms with Crippen molar-refractivity contribution in [1.82, 2.24) is 10.6 Å². The Labute approximate surface area is 184 Å². The van der Waals surface area contributed by atoms with Gasteiger partial charge in [-0.05, 0) is 29.7 Å². The number of rotatable bonds is 3. The van der Waals surface area contributed by atoms with Crippen LogP contribution in [0.15, 0.2) is 36.4 Å². The molecule has 2 aliphatic heterocycles.